The lowest BCUT2D eigenvalue weighted by Crippen LogP contribution is -2.38. The average molecular weight is 300 g/mol. The summed E-state index contributed by atoms with van der Waals surface area (Å²) in [5, 5.41) is 14.3. The normalized spacial score (nSPS) is 16.0. The molecule has 0 heterocycles. The van der Waals surface area contributed by atoms with Crippen molar-refractivity contribution in [3.05, 3.63) is 28.8 Å². The Hall–Kier alpha value is -0.770. The molecule has 2 atom stereocenters. The van der Waals surface area contributed by atoms with Gasteiger partial charge in [-0.25, -0.2) is 0 Å². The van der Waals surface area contributed by atoms with Crippen LogP contribution in [-0.2, 0) is 0 Å². The van der Waals surface area contributed by atoms with E-state index in [0.717, 1.165) is 17.9 Å². The Kier molecular flexibility index (Phi) is 6.31. The topological polar surface area (TPSA) is 41.5 Å². The van der Waals surface area contributed by atoms with Crippen molar-refractivity contribution in [1.82, 2.24) is 5.32 Å². The number of aliphatic hydroxyl groups is 1. The van der Waals surface area contributed by atoms with Crippen molar-refractivity contribution < 1.29 is 9.84 Å². The number of halogens is 1. The first kappa shape index (κ1) is 17.3. The smallest absolute Gasteiger partial charge is 0.124 e. The van der Waals surface area contributed by atoms with Crippen LogP contribution in [0.25, 0.3) is 0 Å². The molecule has 3 nitrogen and oxygen atoms in total. The highest BCUT2D eigenvalue weighted by molar-refractivity contribution is 6.30. The van der Waals surface area contributed by atoms with Gasteiger partial charge in [0.25, 0.3) is 0 Å². The predicted molar refractivity (Wildman–Crippen MR) is 84.5 cm³/mol. The van der Waals surface area contributed by atoms with Gasteiger partial charge in [0.1, 0.15) is 12.4 Å². The molecule has 0 aliphatic carbocycles. The molecular formula is C16H26ClNO2. The van der Waals surface area contributed by atoms with Crippen LogP contribution in [0.15, 0.2) is 18.2 Å². The van der Waals surface area contributed by atoms with Gasteiger partial charge in [0, 0.05) is 16.6 Å². The fraction of sp³-hybridized carbons (Fsp3) is 0.625. The van der Waals surface area contributed by atoms with Gasteiger partial charge in [-0.15, -0.1) is 0 Å². The van der Waals surface area contributed by atoms with Gasteiger partial charge in [0.2, 0.25) is 0 Å². The largest absolute Gasteiger partial charge is 0.490 e. The molecule has 1 rings (SSSR count). The van der Waals surface area contributed by atoms with Crippen LogP contribution in [-0.4, -0.2) is 23.9 Å². The maximum Gasteiger partial charge on any atom is 0.124 e. The molecule has 0 aromatic heterocycles. The Balaban J connectivity index is 2.89. The number of hydrogen-bond donors (Lipinski definition) is 2. The van der Waals surface area contributed by atoms with Crippen LogP contribution in [0.3, 0.4) is 0 Å². The van der Waals surface area contributed by atoms with E-state index in [1.807, 2.05) is 32.0 Å². The SMILES string of the molecule is CCNC(C)c1cc(Cl)ccc1OCC(C)(O)C(C)C. The van der Waals surface area contributed by atoms with E-state index in [1.165, 1.54) is 0 Å². The van der Waals surface area contributed by atoms with Crippen LogP contribution in [0.1, 0.15) is 46.2 Å². The van der Waals surface area contributed by atoms with Gasteiger partial charge in [-0.3, -0.25) is 0 Å². The molecule has 0 saturated carbocycles. The molecule has 0 saturated heterocycles. The zero-order chi connectivity index (χ0) is 15.3. The summed E-state index contributed by atoms with van der Waals surface area (Å²) in [5.74, 6) is 0.896. The standard InChI is InChI=1S/C16H26ClNO2/c1-6-18-12(4)14-9-13(17)7-8-15(14)20-10-16(5,19)11(2)3/h7-9,11-12,18-19H,6,10H2,1-5H3. The first-order chi connectivity index (χ1) is 9.27. The van der Waals surface area contributed by atoms with E-state index in [-0.39, 0.29) is 18.6 Å². The molecule has 2 N–H and O–H groups in total. The third-order valence-corrected chi connectivity index (χ3v) is 3.95. The lowest BCUT2D eigenvalue weighted by molar-refractivity contribution is -0.0269. The minimum absolute atomic E-state index is 0.129. The van der Waals surface area contributed by atoms with Gasteiger partial charge in [0.05, 0.1) is 5.60 Å². The zero-order valence-electron chi connectivity index (χ0n) is 13.0. The van der Waals surface area contributed by atoms with Crippen LogP contribution in [0.2, 0.25) is 5.02 Å². The molecule has 0 radical (unpaired) electrons. The fourth-order valence-corrected chi connectivity index (χ4v) is 1.98. The van der Waals surface area contributed by atoms with Gasteiger partial charge in [0.15, 0.2) is 0 Å². The van der Waals surface area contributed by atoms with Crippen LogP contribution in [0.5, 0.6) is 5.75 Å². The monoisotopic (exact) mass is 299 g/mol. The van der Waals surface area contributed by atoms with Crippen LogP contribution >= 0.6 is 11.6 Å². The number of benzene rings is 1. The van der Waals surface area contributed by atoms with Crippen molar-refractivity contribution in [3.63, 3.8) is 0 Å². The van der Waals surface area contributed by atoms with Crippen molar-refractivity contribution in [3.8, 4) is 5.75 Å². The molecule has 0 aliphatic rings. The van der Waals surface area contributed by atoms with E-state index in [4.69, 9.17) is 16.3 Å². The second kappa shape index (κ2) is 7.30. The number of hydrogen-bond acceptors (Lipinski definition) is 3. The van der Waals surface area contributed by atoms with Crippen molar-refractivity contribution in [1.29, 1.82) is 0 Å². The highest BCUT2D eigenvalue weighted by Gasteiger charge is 2.26. The Morgan fingerprint density at radius 3 is 2.55 bits per heavy atom. The highest BCUT2D eigenvalue weighted by atomic mass is 35.5. The molecule has 0 fully saturated rings. The number of rotatable bonds is 7. The van der Waals surface area contributed by atoms with Gasteiger partial charge >= 0.3 is 0 Å². The molecule has 0 aliphatic heterocycles. The summed E-state index contributed by atoms with van der Waals surface area (Å²) in [6.07, 6.45) is 0. The van der Waals surface area contributed by atoms with E-state index in [9.17, 15) is 5.11 Å². The second-order valence-electron chi connectivity index (χ2n) is 5.76. The summed E-state index contributed by atoms with van der Waals surface area (Å²) in [5.41, 5.74) is 0.164. The van der Waals surface area contributed by atoms with Crippen molar-refractivity contribution >= 4 is 11.6 Å². The quantitative estimate of drug-likeness (QED) is 0.805. The number of nitrogens with one attached hydrogen (secondary N) is 1. The van der Waals surface area contributed by atoms with Crippen LogP contribution in [0, 0.1) is 5.92 Å². The Morgan fingerprint density at radius 2 is 2.00 bits per heavy atom. The van der Waals surface area contributed by atoms with Crippen LogP contribution < -0.4 is 10.1 Å². The molecule has 0 spiro atoms. The molecule has 20 heavy (non-hydrogen) atoms. The van der Waals surface area contributed by atoms with Gasteiger partial charge in [-0.05, 0) is 44.5 Å². The van der Waals surface area contributed by atoms with Crippen LogP contribution in [0.4, 0.5) is 0 Å². The summed E-state index contributed by atoms with van der Waals surface area (Å²) >= 11 is 6.07. The first-order valence-corrected chi connectivity index (χ1v) is 7.53. The Morgan fingerprint density at radius 1 is 1.35 bits per heavy atom. The van der Waals surface area contributed by atoms with Gasteiger partial charge in [-0.2, -0.15) is 0 Å². The average Bonchev–Trinajstić information content (AvgIpc) is 2.37. The second-order valence-corrected chi connectivity index (χ2v) is 6.20. The van der Waals surface area contributed by atoms with E-state index in [2.05, 4.69) is 19.2 Å². The maximum absolute atomic E-state index is 10.3. The molecule has 2 unspecified atom stereocenters. The summed E-state index contributed by atoms with van der Waals surface area (Å²) in [7, 11) is 0. The van der Waals surface area contributed by atoms with Gasteiger partial charge < -0.3 is 15.2 Å². The third kappa shape index (κ3) is 4.65. The van der Waals surface area contributed by atoms with Crippen molar-refractivity contribution in [2.45, 2.75) is 46.3 Å². The maximum atomic E-state index is 10.3. The summed E-state index contributed by atoms with van der Waals surface area (Å²) in [6, 6.07) is 5.73. The van der Waals surface area contributed by atoms with E-state index in [1.54, 1.807) is 6.92 Å². The van der Waals surface area contributed by atoms with Crippen molar-refractivity contribution in [2.75, 3.05) is 13.2 Å². The minimum atomic E-state index is -0.849. The summed E-state index contributed by atoms with van der Waals surface area (Å²) in [4.78, 5) is 0. The lowest BCUT2D eigenvalue weighted by atomic mass is 9.93. The minimum Gasteiger partial charge on any atom is -0.490 e. The number of ether oxygens (including phenoxy) is 1. The molecule has 4 heteroatoms. The summed E-state index contributed by atoms with van der Waals surface area (Å²) < 4.78 is 5.84. The first-order valence-electron chi connectivity index (χ1n) is 7.16. The molecule has 114 valence electrons. The van der Waals surface area contributed by atoms with E-state index >= 15 is 0 Å². The lowest BCUT2D eigenvalue weighted by Gasteiger charge is -2.28. The molecule has 1 aromatic carbocycles. The van der Waals surface area contributed by atoms with Gasteiger partial charge in [-0.1, -0.05) is 32.4 Å². The third-order valence-electron chi connectivity index (χ3n) is 3.71. The molecule has 1 aromatic rings. The zero-order valence-corrected chi connectivity index (χ0v) is 13.8. The molecule has 0 amide bonds. The predicted octanol–water partition coefficient (Wildman–Crippen LogP) is 3.80. The van der Waals surface area contributed by atoms with Crippen molar-refractivity contribution in [2.24, 2.45) is 5.92 Å². The fourth-order valence-electron chi connectivity index (χ4n) is 1.80. The summed E-state index contributed by atoms with van der Waals surface area (Å²) in [6.45, 7) is 11.0. The molecular weight excluding hydrogens is 274 g/mol. The Bertz CT molecular complexity index is 432. The Labute approximate surface area is 127 Å². The van der Waals surface area contributed by atoms with E-state index < -0.39 is 5.60 Å². The van der Waals surface area contributed by atoms with E-state index in [0.29, 0.717) is 5.02 Å². The molecule has 0 bridgehead atoms. The highest BCUT2D eigenvalue weighted by Crippen LogP contribution is 2.29.